The SMILES string of the molecule is CN1CCCO[C@@H]2CCC[C@H]21. The summed E-state index contributed by atoms with van der Waals surface area (Å²) >= 11 is 0. The molecule has 11 heavy (non-hydrogen) atoms. The molecule has 0 aromatic heterocycles. The summed E-state index contributed by atoms with van der Waals surface area (Å²) in [5, 5.41) is 0. The van der Waals surface area contributed by atoms with Gasteiger partial charge in [0.1, 0.15) is 0 Å². The lowest BCUT2D eigenvalue weighted by Crippen LogP contribution is -2.36. The highest BCUT2D eigenvalue weighted by Crippen LogP contribution is 2.27. The van der Waals surface area contributed by atoms with Crippen LogP contribution in [0.25, 0.3) is 0 Å². The summed E-state index contributed by atoms with van der Waals surface area (Å²) in [4.78, 5) is 2.48. The lowest BCUT2D eigenvalue weighted by atomic mass is 10.2. The first kappa shape index (κ1) is 7.56. The van der Waals surface area contributed by atoms with Gasteiger partial charge in [-0.2, -0.15) is 0 Å². The molecule has 64 valence electrons. The molecule has 2 atom stereocenters. The number of fused-ring (bicyclic) bond motifs is 1. The molecule has 1 aliphatic carbocycles. The fourth-order valence-corrected chi connectivity index (χ4v) is 2.32. The van der Waals surface area contributed by atoms with Crippen LogP contribution in [0.15, 0.2) is 0 Å². The Bertz CT molecular complexity index is 138. The van der Waals surface area contributed by atoms with Crippen molar-refractivity contribution in [2.45, 2.75) is 37.8 Å². The molecule has 0 radical (unpaired) electrons. The topological polar surface area (TPSA) is 12.5 Å². The minimum absolute atomic E-state index is 0.558. The molecular formula is C9H17NO. The van der Waals surface area contributed by atoms with Crippen LogP contribution in [0, 0.1) is 0 Å². The first-order valence-corrected chi connectivity index (χ1v) is 4.70. The number of hydrogen-bond donors (Lipinski definition) is 0. The maximum absolute atomic E-state index is 5.76. The summed E-state index contributed by atoms with van der Waals surface area (Å²) in [5.41, 5.74) is 0. The predicted octanol–water partition coefficient (Wildman–Crippen LogP) is 1.26. The molecule has 2 heteroatoms. The van der Waals surface area contributed by atoms with Crippen LogP contribution >= 0.6 is 0 Å². The first-order valence-electron chi connectivity index (χ1n) is 4.70. The van der Waals surface area contributed by atoms with Crippen LogP contribution in [0.3, 0.4) is 0 Å². The second kappa shape index (κ2) is 3.11. The van der Waals surface area contributed by atoms with Crippen molar-refractivity contribution in [3.63, 3.8) is 0 Å². The summed E-state index contributed by atoms with van der Waals surface area (Å²) in [5.74, 6) is 0. The van der Waals surface area contributed by atoms with Gasteiger partial charge in [-0.1, -0.05) is 0 Å². The molecule has 0 bridgehead atoms. The van der Waals surface area contributed by atoms with Gasteiger partial charge in [0.25, 0.3) is 0 Å². The normalized spacial score (nSPS) is 40.1. The molecule has 0 amide bonds. The van der Waals surface area contributed by atoms with E-state index in [1.165, 1.54) is 32.2 Å². The highest BCUT2D eigenvalue weighted by Gasteiger charge is 2.32. The molecule has 2 rings (SSSR count). The van der Waals surface area contributed by atoms with Gasteiger partial charge in [-0.25, -0.2) is 0 Å². The number of ether oxygens (including phenoxy) is 1. The third-order valence-electron chi connectivity index (χ3n) is 2.97. The number of nitrogens with zero attached hydrogens (tertiary/aromatic N) is 1. The van der Waals surface area contributed by atoms with Gasteiger partial charge in [-0.05, 0) is 32.7 Å². The molecule has 0 spiro atoms. The zero-order chi connectivity index (χ0) is 7.68. The van der Waals surface area contributed by atoms with Crippen LogP contribution in [-0.4, -0.2) is 37.2 Å². The van der Waals surface area contributed by atoms with E-state index in [2.05, 4.69) is 11.9 Å². The Labute approximate surface area is 68.5 Å². The van der Waals surface area contributed by atoms with Crippen molar-refractivity contribution in [2.24, 2.45) is 0 Å². The molecule has 2 aliphatic rings. The Morgan fingerprint density at radius 3 is 3.09 bits per heavy atom. The summed E-state index contributed by atoms with van der Waals surface area (Å²) < 4.78 is 5.76. The molecular weight excluding hydrogens is 138 g/mol. The molecule has 0 unspecified atom stereocenters. The minimum Gasteiger partial charge on any atom is -0.377 e. The molecule has 1 saturated carbocycles. The lowest BCUT2D eigenvalue weighted by molar-refractivity contribution is 0.0387. The van der Waals surface area contributed by atoms with E-state index in [1.807, 2.05) is 0 Å². The third-order valence-corrected chi connectivity index (χ3v) is 2.97. The Hall–Kier alpha value is -0.0800. The van der Waals surface area contributed by atoms with E-state index in [1.54, 1.807) is 0 Å². The molecule has 0 aromatic carbocycles. The fraction of sp³-hybridized carbons (Fsp3) is 1.00. The van der Waals surface area contributed by atoms with E-state index in [9.17, 15) is 0 Å². The summed E-state index contributed by atoms with van der Waals surface area (Å²) in [6.07, 6.45) is 5.77. The minimum atomic E-state index is 0.558. The number of likely N-dealkylation sites (N-methyl/N-ethyl adjacent to an activating group) is 1. The molecule has 0 aromatic rings. The first-order chi connectivity index (χ1) is 5.38. The summed E-state index contributed by atoms with van der Waals surface area (Å²) in [6, 6.07) is 0.734. The van der Waals surface area contributed by atoms with Crippen molar-refractivity contribution < 1.29 is 4.74 Å². The molecule has 1 saturated heterocycles. The lowest BCUT2D eigenvalue weighted by Gasteiger charge is -2.25. The monoisotopic (exact) mass is 155 g/mol. The third kappa shape index (κ3) is 1.42. The Kier molecular flexibility index (Phi) is 2.14. The van der Waals surface area contributed by atoms with E-state index in [0.717, 1.165) is 12.6 Å². The van der Waals surface area contributed by atoms with Crippen molar-refractivity contribution in [2.75, 3.05) is 20.2 Å². The molecule has 0 N–H and O–H groups in total. The van der Waals surface area contributed by atoms with E-state index < -0.39 is 0 Å². The van der Waals surface area contributed by atoms with Gasteiger partial charge in [0, 0.05) is 19.2 Å². The summed E-state index contributed by atoms with van der Waals surface area (Å²) in [6.45, 7) is 2.20. The summed E-state index contributed by atoms with van der Waals surface area (Å²) in [7, 11) is 2.23. The van der Waals surface area contributed by atoms with E-state index in [4.69, 9.17) is 4.74 Å². The maximum atomic E-state index is 5.76. The van der Waals surface area contributed by atoms with Crippen molar-refractivity contribution in [1.29, 1.82) is 0 Å². The molecule has 2 nitrogen and oxygen atoms in total. The molecule has 1 heterocycles. The van der Waals surface area contributed by atoms with Gasteiger partial charge in [0.2, 0.25) is 0 Å². The molecule has 1 aliphatic heterocycles. The van der Waals surface area contributed by atoms with Gasteiger partial charge in [0.05, 0.1) is 6.10 Å². The van der Waals surface area contributed by atoms with Crippen LogP contribution in [0.1, 0.15) is 25.7 Å². The average molecular weight is 155 g/mol. The van der Waals surface area contributed by atoms with Crippen LogP contribution in [0.4, 0.5) is 0 Å². The maximum Gasteiger partial charge on any atom is 0.0730 e. The quantitative estimate of drug-likeness (QED) is 0.522. The van der Waals surface area contributed by atoms with Crippen molar-refractivity contribution in [1.82, 2.24) is 4.90 Å². The van der Waals surface area contributed by atoms with Crippen LogP contribution in [0.5, 0.6) is 0 Å². The zero-order valence-electron chi connectivity index (χ0n) is 7.25. The second-order valence-corrected chi connectivity index (χ2v) is 3.74. The standard InChI is InChI=1S/C9H17NO/c1-10-6-3-7-11-9-5-2-4-8(9)10/h8-9H,2-7H2,1H3/t8-,9-/m1/s1. The Morgan fingerprint density at radius 2 is 2.18 bits per heavy atom. The highest BCUT2D eigenvalue weighted by molar-refractivity contribution is 4.86. The fourth-order valence-electron chi connectivity index (χ4n) is 2.32. The zero-order valence-corrected chi connectivity index (χ0v) is 7.25. The average Bonchev–Trinajstić information content (AvgIpc) is 2.40. The van der Waals surface area contributed by atoms with Crippen LogP contribution in [0.2, 0.25) is 0 Å². The van der Waals surface area contributed by atoms with Gasteiger partial charge in [-0.15, -0.1) is 0 Å². The number of rotatable bonds is 0. The van der Waals surface area contributed by atoms with E-state index >= 15 is 0 Å². The van der Waals surface area contributed by atoms with E-state index in [0.29, 0.717) is 6.10 Å². The molecule has 2 fully saturated rings. The second-order valence-electron chi connectivity index (χ2n) is 3.74. The van der Waals surface area contributed by atoms with Crippen LogP contribution < -0.4 is 0 Å². The number of hydrogen-bond acceptors (Lipinski definition) is 2. The van der Waals surface area contributed by atoms with Crippen molar-refractivity contribution >= 4 is 0 Å². The van der Waals surface area contributed by atoms with E-state index in [-0.39, 0.29) is 0 Å². The predicted molar refractivity (Wildman–Crippen MR) is 44.6 cm³/mol. The largest absolute Gasteiger partial charge is 0.377 e. The van der Waals surface area contributed by atoms with Gasteiger partial charge in [-0.3, -0.25) is 0 Å². The van der Waals surface area contributed by atoms with Crippen LogP contribution in [-0.2, 0) is 4.74 Å². The van der Waals surface area contributed by atoms with Gasteiger partial charge >= 0.3 is 0 Å². The van der Waals surface area contributed by atoms with Crippen molar-refractivity contribution in [3.8, 4) is 0 Å². The Balaban J connectivity index is 2.03. The van der Waals surface area contributed by atoms with Gasteiger partial charge in [0.15, 0.2) is 0 Å². The van der Waals surface area contributed by atoms with Crippen molar-refractivity contribution in [3.05, 3.63) is 0 Å². The Morgan fingerprint density at radius 1 is 1.27 bits per heavy atom. The smallest absolute Gasteiger partial charge is 0.0730 e. The highest BCUT2D eigenvalue weighted by atomic mass is 16.5. The van der Waals surface area contributed by atoms with Gasteiger partial charge < -0.3 is 9.64 Å².